The van der Waals surface area contributed by atoms with Crippen molar-refractivity contribution >= 4 is 33.1 Å². The third-order valence-corrected chi connectivity index (χ3v) is 5.36. The minimum absolute atomic E-state index is 0.872. The lowest BCUT2D eigenvalue weighted by atomic mass is 9.98. The zero-order valence-electron chi connectivity index (χ0n) is 16.0. The van der Waals surface area contributed by atoms with Crippen molar-refractivity contribution in [2.45, 2.75) is 0 Å². The molecule has 1 N–H and O–H groups in total. The highest BCUT2D eigenvalue weighted by Crippen LogP contribution is 2.31. The monoisotopic (exact) mass is 372 g/mol. The molecule has 0 spiro atoms. The number of nitrogens with zero attached hydrogens (tertiary/aromatic N) is 1. The molecule has 2 heterocycles. The highest BCUT2D eigenvalue weighted by Gasteiger charge is 2.11. The van der Waals surface area contributed by atoms with Crippen molar-refractivity contribution in [2.24, 2.45) is 0 Å². The summed E-state index contributed by atoms with van der Waals surface area (Å²) < 4.78 is 0. The Morgan fingerprint density at radius 2 is 1.28 bits per heavy atom. The number of hydrogen-bond acceptors (Lipinski definition) is 1. The Morgan fingerprint density at radius 3 is 1.97 bits per heavy atom. The lowest BCUT2D eigenvalue weighted by Crippen LogP contribution is -1.90. The van der Waals surface area contributed by atoms with E-state index >= 15 is 0 Å². The van der Waals surface area contributed by atoms with Crippen molar-refractivity contribution in [2.75, 3.05) is 0 Å². The van der Waals surface area contributed by atoms with Crippen LogP contribution in [0.1, 0.15) is 22.4 Å². The summed E-state index contributed by atoms with van der Waals surface area (Å²) in [5, 5.41) is 2.26. The molecule has 5 aromatic rings. The first-order valence-corrected chi connectivity index (χ1v) is 9.62. The summed E-state index contributed by atoms with van der Waals surface area (Å²) in [6.45, 7) is 8.54. The summed E-state index contributed by atoms with van der Waals surface area (Å²) in [5.41, 5.74) is 8.08. The summed E-state index contributed by atoms with van der Waals surface area (Å²) in [4.78, 5) is 8.29. The first-order chi connectivity index (χ1) is 14.2. The quantitative estimate of drug-likeness (QED) is 0.368. The van der Waals surface area contributed by atoms with Gasteiger partial charge in [0.15, 0.2) is 0 Å². The number of H-pyrrole nitrogens is 1. The van der Waals surface area contributed by atoms with Gasteiger partial charge in [0.05, 0.1) is 5.69 Å². The molecule has 0 aliphatic carbocycles. The molecule has 0 atom stereocenters. The van der Waals surface area contributed by atoms with Crippen LogP contribution in [0.25, 0.3) is 33.1 Å². The van der Waals surface area contributed by atoms with Crippen LogP contribution in [0.2, 0.25) is 0 Å². The fraction of sp³-hybridized carbons (Fsp3) is 0. The SMILES string of the molecule is C=C(c1ccccc1)c1ccc2[nH]c3nc(C(=C)c4ccccc4)ccc3c2c1. The molecule has 5 rings (SSSR count). The molecule has 0 radical (unpaired) electrons. The van der Waals surface area contributed by atoms with Gasteiger partial charge < -0.3 is 4.98 Å². The second-order valence-corrected chi connectivity index (χ2v) is 7.17. The van der Waals surface area contributed by atoms with E-state index in [4.69, 9.17) is 4.98 Å². The fourth-order valence-corrected chi connectivity index (χ4v) is 3.72. The zero-order chi connectivity index (χ0) is 19.8. The van der Waals surface area contributed by atoms with Gasteiger partial charge in [0, 0.05) is 21.9 Å². The van der Waals surface area contributed by atoms with E-state index in [-0.39, 0.29) is 0 Å². The molecule has 2 aromatic heterocycles. The maximum Gasteiger partial charge on any atom is 0.139 e. The Kier molecular flexibility index (Phi) is 4.10. The Balaban J connectivity index is 1.58. The second-order valence-electron chi connectivity index (χ2n) is 7.17. The average Bonchev–Trinajstić information content (AvgIpc) is 3.16. The van der Waals surface area contributed by atoms with E-state index in [0.29, 0.717) is 0 Å². The van der Waals surface area contributed by atoms with Crippen LogP contribution in [0, 0.1) is 0 Å². The first-order valence-electron chi connectivity index (χ1n) is 9.62. The van der Waals surface area contributed by atoms with Gasteiger partial charge in [0.25, 0.3) is 0 Å². The van der Waals surface area contributed by atoms with Crippen LogP contribution in [0.15, 0.2) is 104 Å². The van der Waals surface area contributed by atoms with Gasteiger partial charge in [-0.15, -0.1) is 0 Å². The van der Waals surface area contributed by atoms with E-state index in [1.54, 1.807) is 0 Å². The minimum atomic E-state index is 0.872. The summed E-state index contributed by atoms with van der Waals surface area (Å²) in [6, 6.07) is 31.0. The Bertz CT molecular complexity index is 1360. The van der Waals surface area contributed by atoms with Gasteiger partial charge in [-0.3, -0.25) is 0 Å². The maximum atomic E-state index is 4.84. The molecule has 3 aromatic carbocycles. The molecule has 0 aliphatic heterocycles. The van der Waals surface area contributed by atoms with Gasteiger partial charge in [-0.05, 0) is 46.5 Å². The van der Waals surface area contributed by atoms with Gasteiger partial charge in [0.2, 0.25) is 0 Å². The number of aromatic amines is 1. The third-order valence-electron chi connectivity index (χ3n) is 5.36. The molecule has 2 nitrogen and oxygen atoms in total. The lowest BCUT2D eigenvalue weighted by Gasteiger charge is -2.07. The van der Waals surface area contributed by atoms with E-state index in [1.165, 1.54) is 0 Å². The Morgan fingerprint density at radius 1 is 0.621 bits per heavy atom. The number of rotatable bonds is 4. The molecule has 0 unspecified atom stereocenters. The smallest absolute Gasteiger partial charge is 0.139 e. The molecule has 138 valence electrons. The van der Waals surface area contributed by atoms with E-state index < -0.39 is 0 Å². The normalized spacial score (nSPS) is 11.0. The molecule has 0 fully saturated rings. The third kappa shape index (κ3) is 3.05. The van der Waals surface area contributed by atoms with Gasteiger partial charge in [0.1, 0.15) is 5.65 Å². The summed E-state index contributed by atoms with van der Waals surface area (Å²) >= 11 is 0. The number of hydrogen-bond donors (Lipinski definition) is 1. The van der Waals surface area contributed by atoms with Crippen molar-refractivity contribution in [3.63, 3.8) is 0 Å². The minimum Gasteiger partial charge on any atom is -0.339 e. The van der Waals surface area contributed by atoms with E-state index in [0.717, 1.165) is 55.5 Å². The first kappa shape index (κ1) is 17.2. The largest absolute Gasteiger partial charge is 0.339 e. The molecule has 0 amide bonds. The predicted molar refractivity (Wildman–Crippen MR) is 123 cm³/mol. The van der Waals surface area contributed by atoms with Gasteiger partial charge in [-0.25, -0.2) is 4.98 Å². The molecule has 0 saturated carbocycles. The predicted octanol–water partition coefficient (Wildman–Crippen LogP) is 6.84. The second kappa shape index (κ2) is 6.92. The summed E-state index contributed by atoms with van der Waals surface area (Å²) in [6.07, 6.45) is 0. The molecule has 0 aliphatic rings. The topological polar surface area (TPSA) is 28.7 Å². The average molecular weight is 372 g/mol. The van der Waals surface area contributed by atoms with E-state index in [1.807, 2.05) is 42.5 Å². The van der Waals surface area contributed by atoms with Crippen molar-refractivity contribution in [3.8, 4) is 0 Å². The Hall–Kier alpha value is -3.91. The molecule has 29 heavy (non-hydrogen) atoms. The number of nitrogens with one attached hydrogen (secondary N) is 1. The van der Waals surface area contributed by atoms with Crippen LogP contribution in [0.4, 0.5) is 0 Å². The summed E-state index contributed by atoms with van der Waals surface area (Å²) in [5.74, 6) is 0. The van der Waals surface area contributed by atoms with E-state index in [9.17, 15) is 0 Å². The van der Waals surface area contributed by atoms with Gasteiger partial charge in [-0.1, -0.05) is 79.9 Å². The molecule has 0 saturated heterocycles. The van der Waals surface area contributed by atoms with E-state index in [2.05, 4.69) is 66.7 Å². The highest BCUT2D eigenvalue weighted by molar-refractivity contribution is 6.07. The number of aromatic nitrogens is 2. The van der Waals surface area contributed by atoms with Crippen LogP contribution in [-0.2, 0) is 0 Å². The zero-order valence-corrected chi connectivity index (χ0v) is 16.0. The standard InChI is InChI=1S/C27H20N2/c1-18(20-9-5-3-6-10-20)22-13-15-26-24(17-22)23-14-16-25(28-27(23)29-26)19(2)21-11-7-4-8-12-21/h3-17H,1-2H2,(H,28,29). The number of benzene rings is 3. The molecular formula is C27H20N2. The van der Waals surface area contributed by atoms with Crippen LogP contribution >= 0.6 is 0 Å². The highest BCUT2D eigenvalue weighted by atomic mass is 14.9. The lowest BCUT2D eigenvalue weighted by molar-refractivity contribution is 1.30. The van der Waals surface area contributed by atoms with Crippen molar-refractivity contribution in [1.82, 2.24) is 9.97 Å². The van der Waals surface area contributed by atoms with Crippen LogP contribution < -0.4 is 0 Å². The van der Waals surface area contributed by atoms with Crippen molar-refractivity contribution in [3.05, 3.63) is 127 Å². The van der Waals surface area contributed by atoms with Crippen molar-refractivity contribution < 1.29 is 0 Å². The Labute approximate surface area is 169 Å². The van der Waals surface area contributed by atoms with Gasteiger partial charge >= 0.3 is 0 Å². The number of pyridine rings is 1. The number of fused-ring (bicyclic) bond motifs is 3. The maximum absolute atomic E-state index is 4.84. The van der Waals surface area contributed by atoms with Crippen LogP contribution in [0.5, 0.6) is 0 Å². The van der Waals surface area contributed by atoms with Crippen molar-refractivity contribution in [1.29, 1.82) is 0 Å². The van der Waals surface area contributed by atoms with Crippen LogP contribution in [0.3, 0.4) is 0 Å². The molecule has 0 bridgehead atoms. The molecular weight excluding hydrogens is 352 g/mol. The van der Waals surface area contributed by atoms with Crippen LogP contribution in [-0.4, -0.2) is 9.97 Å². The molecule has 2 heteroatoms. The van der Waals surface area contributed by atoms with Gasteiger partial charge in [-0.2, -0.15) is 0 Å². The summed E-state index contributed by atoms with van der Waals surface area (Å²) in [7, 11) is 0. The fourth-order valence-electron chi connectivity index (χ4n) is 3.72.